The maximum Gasteiger partial charge on any atom is 0.293 e. The summed E-state index contributed by atoms with van der Waals surface area (Å²) in [6.45, 7) is 6.50. The van der Waals surface area contributed by atoms with E-state index in [1.165, 1.54) is 6.07 Å². The minimum absolute atomic E-state index is 0.0746. The molecule has 3 aromatic carbocycles. The van der Waals surface area contributed by atoms with Crippen molar-refractivity contribution in [2.24, 2.45) is 0 Å². The number of aryl methyl sites for hydroxylation is 2. The van der Waals surface area contributed by atoms with Crippen molar-refractivity contribution >= 4 is 40.3 Å². The number of hydrogen-bond acceptors (Lipinski definition) is 5. The van der Waals surface area contributed by atoms with Crippen LogP contribution in [0.1, 0.15) is 21.5 Å². The molecule has 0 spiro atoms. The third kappa shape index (κ3) is 4.93. The van der Waals surface area contributed by atoms with E-state index in [-0.39, 0.29) is 17.2 Å². The molecule has 0 aliphatic carbocycles. The number of carbonyl (C=O) groups excluding carboxylic acids is 1. The maximum atomic E-state index is 12.8. The average Bonchev–Trinajstić information content (AvgIpc) is 2.81. The van der Waals surface area contributed by atoms with Crippen LogP contribution in [0, 0.1) is 24.0 Å². The van der Waals surface area contributed by atoms with E-state index in [2.05, 4.69) is 10.2 Å². The van der Waals surface area contributed by atoms with Gasteiger partial charge in [0, 0.05) is 43.5 Å². The molecule has 0 aromatic heterocycles. The highest BCUT2D eigenvalue weighted by molar-refractivity contribution is 6.33. The van der Waals surface area contributed by atoms with Crippen LogP contribution in [0.2, 0.25) is 5.02 Å². The SMILES string of the molecule is Cc1ccc(NC(=O)c2ccc(N3CCN(c4ccccc4Cl)CC3)c([N+](=O)[O-])c2)c(C)c1. The van der Waals surface area contributed by atoms with E-state index in [4.69, 9.17) is 11.6 Å². The fourth-order valence-electron chi connectivity index (χ4n) is 4.12. The Hall–Kier alpha value is -3.58. The summed E-state index contributed by atoms with van der Waals surface area (Å²) in [6.07, 6.45) is 0. The Bertz CT molecular complexity index is 1210. The second kappa shape index (κ2) is 9.50. The number of carbonyl (C=O) groups is 1. The minimum Gasteiger partial charge on any atom is -0.367 e. The molecule has 8 heteroatoms. The monoisotopic (exact) mass is 464 g/mol. The molecular weight excluding hydrogens is 440 g/mol. The van der Waals surface area contributed by atoms with Crippen molar-refractivity contribution in [3.05, 3.63) is 92.5 Å². The van der Waals surface area contributed by atoms with Gasteiger partial charge in [0.05, 0.1) is 15.6 Å². The molecule has 1 aliphatic rings. The van der Waals surface area contributed by atoms with Crippen molar-refractivity contribution in [2.75, 3.05) is 41.3 Å². The van der Waals surface area contributed by atoms with Gasteiger partial charge in [0.15, 0.2) is 0 Å². The van der Waals surface area contributed by atoms with E-state index in [1.54, 1.807) is 12.1 Å². The van der Waals surface area contributed by atoms with Gasteiger partial charge in [0.2, 0.25) is 0 Å². The maximum absolute atomic E-state index is 12.8. The van der Waals surface area contributed by atoms with Gasteiger partial charge in [-0.05, 0) is 49.7 Å². The topological polar surface area (TPSA) is 78.7 Å². The largest absolute Gasteiger partial charge is 0.367 e. The summed E-state index contributed by atoms with van der Waals surface area (Å²) in [4.78, 5) is 28.4. The van der Waals surface area contributed by atoms with Crippen LogP contribution < -0.4 is 15.1 Å². The van der Waals surface area contributed by atoms with Crippen molar-refractivity contribution in [2.45, 2.75) is 13.8 Å². The number of amides is 1. The molecule has 1 N–H and O–H groups in total. The van der Waals surface area contributed by atoms with E-state index >= 15 is 0 Å². The van der Waals surface area contributed by atoms with Gasteiger partial charge in [0.1, 0.15) is 5.69 Å². The zero-order valence-corrected chi connectivity index (χ0v) is 19.3. The zero-order valence-electron chi connectivity index (χ0n) is 18.5. The number of hydrogen-bond donors (Lipinski definition) is 1. The molecule has 4 rings (SSSR count). The molecule has 7 nitrogen and oxygen atoms in total. The lowest BCUT2D eigenvalue weighted by molar-refractivity contribution is -0.384. The Balaban J connectivity index is 1.51. The number of benzene rings is 3. The highest BCUT2D eigenvalue weighted by Gasteiger charge is 2.26. The van der Waals surface area contributed by atoms with Crippen molar-refractivity contribution in [1.82, 2.24) is 0 Å². The van der Waals surface area contributed by atoms with Gasteiger partial charge in [-0.15, -0.1) is 0 Å². The molecule has 0 atom stereocenters. The van der Waals surface area contributed by atoms with E-state index in [9.17, 15) is 14.9 Å². The number of halogens is 1. The normalized spacial score (nSPS) is 13.7. The second-order valence-electron chi connectivity index (χ2n) is 8.16. The van der Waals surface area contributed by atoms with Crippen molar-refractivity contribution in [3.63, 3.8) is 0 Å². The van der Waals surface area contributed by atoms with Crippen LogP contribution in [0.5, 0.6) is 0 Å². The van der Waals surface area contributed by atoms with Crippen LogP contribution >= 0.6 is 11.6 Å². The number of rotatable bonds is 5. The molecule has 3 aromatic rings. The lowest BCUT2D eigenvalue weighted by Gasteiger charge is -2.37. The van der Waals surface area contributed by atoms with Crippen molar-refractivity contribution < 1.29 is 9.72 Å². The van der Waals surface area contributed by atoms with Gasteiger partial charge in [0.25, 0.3) is 11.6 Å². The third-order valence-electron chi connectivity index (χ3n) is 5.88. The van der Waals surface area contributed by atoms with Crippen LogP contribution in [-0.4, -0.2) is 37.0 Å². The molecule has 170 valence electrons. The summed E-state index contributed by atoms with van der Waals surface area (Å²) in [7, 11) is 0. The summed E-state index contributed by atoms with van der Waals surface area (Å²) in [5, 5.41) is 15.4. The quantitative estimate of drug-likeness (QED) is 0.401. The lowest BCUT2D eigenvalue weighted by Crippen LogP contribution is -2.46. The fourth-order valence-corrected chi connectivity index (χ4v) is 4.38. The Morgan fingerprint density at radius 2 is 1.61 bits per heavy atom. The van der Waals surface area contributed by atoms with E-state index in [0.717, 1.165) is 16.8 Å². The highest BCUT2D eigenvalue weighted by atomic mass is 35.5. The highest BCUT2D eigenvalue weighted by Crippen LogP contribution is 2.32. The van der Waals surface area contributed by atoms with Crippen molar-refractivity contribution in [3.8, 4) is 0 Å². The zero-order chi connectivity index (χ0) is 23.5. The number of nitro benzene ring substituents is 1. The molecule has 1 amide bonds. The summed E-state index contributed by atoms with van der Waals surface area (Å²) in [5.74, 6) is -0.375. The third-order valence-corrected chi connectivity index (χ3v) is 6.20. The van der Waals surface area contributed by atoms with Gasteiger partial charge < -0.3 is 15.1 Å². The van der Waals surface area contributed by atoms with E-state index in [0.29, 0.717) is 42.6 Å². The lowest BCUT2D eigenvalue weighted by atomic mass is 10.1. The number of nitrogens with one attached hydrogen (secondary N) is 1. The van der Waals surface area contributed by atoms with Gasteiger partial charge in [-0.1, -0.05) is 41.4 Å². The smallest absolute Gasteiger partial charge is 0.293 e. The molecule has 0 unspecified atom stereocenters. The van der Waals surface area contributed by atoms with Crippen molar-refractivity contribution in [1.29, 1.82) is 0 Å². The summed E-state index contributed by atoms with van der Waals surface area (Å²) in [6, 6.07) is 18.1. The van der Waals surface area contributed by atoms with Crippen LogP contribution in [0.25, 0.3) is 0 Å². The fraction of sp³-hybridized carbons (Fsp3) is 0.240. The van der Waals surface area contributed by atoms with Crippen LogP contribution in [0.15, 0.2) is 60.7 Å². The van der Waals surface area contributed by atoms with Gasteiger partial charge in [-0.3, -0.25) is 14.9 Å². The molecule has 1 saturated heterocycles. The van der Waals surface area contributed by atoms with Gasteiger partial charge in [-0.25, -0.2) is 0 Å². The van der Waals surface area contributed by atoms with E-state index < -0.39 is 4.92 Å². The first-order valence-corrected chi connectivity index (χ1v) is 11.1. The molecule has 0 bridgehead atoms. The Labute approximate surface area is 197 Å². The number of para-hydroxylation sites is 1. The summed E-state index contributed by atoms with van der Waals surface area (Å²) in [5.41, 5.74) is 4.38. The Morgan fingerprint density at radius 3 is 2.24 bits per heavy atom. The summed E-state index contributed by atoms with van der Waals surface area (Å²) < 4.78 is 0. The number of anilines is 3. The molecule has 0 radical (unpaired) electrons. The standard InChI is InChI=1S/C25H25ClN4O3/c1-17-7-9-21(18(2)15-17)27-25(31)19-8-10-23(24(16-19)30(32)33)29-13-11-28(12-14-29)22-6-4-3-5-20(22)26/h3-10,15-16H,11-14H2,1-2H3,(H,27,31). The number of nitrogens with zero attached hydrogens (tertiary/aromatic N) is 3. The molecule has 1 aliphatic heterocycles. The first kappa shape index (κ1) is 22.6. The second-order valence-corrected chi connectivity index (χ2v) is 8.57. The predicted molar refractivity (Wildman–Crippen MR) is 133 cm³/mol. The van der Waals surface area contributed by atoms with Crippen LogP contribution in [0.4, 0.5) is 22.7 Å². The van der Waals surface area contributed by atoms with Gasteiger partial charge in [-0.2, -0.15) is 0 Å². The number of nitro groups is 1. The summed E-state index contributed by atoms with van der Waals surface area (Å²) >= 11 is 6.32. The van der Waals surface area contributed by atoms with Crippen LogP contribution in [-0.2, 0) is 0 Å². The molecule has 33 heavy (non-hydrogen) atoms. The van der Waals surface area contributed by atoms with E-state index in [1.807, 2.05) is 61.2 Å². The number of piperazine rings is 1. The molecule has 1 fully saturated rings. The average molecular weight is 465 g/mol. The van der Waals surface area contributed by atoms with Crippen LogP contribution in [0.3, 0.4) is 0 Å². The predicted octanol–water partition coefficient (Wildman–Crippen LogP) is 5.44. The first-order chi connectivity index (χ1) is 15.8. The minimum atomic E-state index is -0.427. The molecule has 0 saturated carbocycles. The van der Waals surface area contributed by atoms with Gasteiger partial charge >= 0.3 is 0 Å². The molecule has 1 heterocycles. The first-order valence-electron chi connectivity index (χ1n) is 10.7. The Morgan fingerprint density at radius 1 is 0.939 bits per heavy atom. The molecular formula is C25H25ClN4O3. The Kier molecular flexibility index (Phi) is 6.51.